The van der Waals surface area contributed by atoms with Gasteiger partial charge < -0.3 is 9.84 Å². The van der Waals surface area contributed by atoms with E-state index < -0.39 is 0 Å². The Morgan fingerprint density at radius 3 is 2.64 bits per heavy atom. The van der Waals surface area contributed by atoms with E-state index in [-0.39, 0.29) is 6.10 Å². The molecule has 0 radical (unpaired) electrons. The van der Waals surface area contributed by atoms with Crippen LogP contribution in [0, 0.1) is 0 Å². The van der Waals surface area contributed by atoms with Gasteiger partial charge in [-0.2, -0.15) is 0 Å². The van der Waals surface area contributed by atoms with Crippen molar-refractivity contribution in [3.63, 3.8) is 0 Å². The van der Waals surface area contributed by atoms with Crippen molar-refractivity contribution in [3.05, 3.63) is 54.1 Å². The zero-order valence-electron chi connectivity index (χ0n) is 13.0. The largest absolute Gasteiger partial charge is 0.496 e. The van der Waals surface area contributed by atoms with E-state index in [1.165, 1.54) is 11.1 Å². The first-order chi connectivity index (χ1) is 10.8. The monoisotopic (exact) mass is 297 g/mol. The van der Waals surface area contributed by atoms with Crippen LogP contribution < -0.4 is 4.74 Å². The van der Waals surface area contributed by atoms with Crippen LogP contribution in [0.15, 0.2) is 48.5 Å². The number of para-hydroxylation sites is 1. The van der Waals surface area contributed by atoms with Gasteiger partial charge in [-0.15, -0.1) is 0 Å². The zero-order valence-corrected chi connectivity index (χ0v) is 13.0. The number of nitrogens with zero attached hydrogens (tertiary/aromatic N) is 1. The molecule has 1 aliphatic rings. The molecule has 1 atom stereocenters. The van der Waals surface area contributed by atoms with Gasteiger partial charge in [0.1, 0.15) is 5.75 Å². The molecule has 1 fully saturated rings. The molecule has 0 spiro atoms. The normalized spacial score (nSPS) is 19.1. The molecule has 1 N–H and O–H groups in total. The van der Waals surface area contributed by atoms with Crippen LogP contribution in [-0.4, -0.2) is 36.3 Å². The second-order valence-electron chi connectivity index (χ2n) is 5.93. The molecule has 22 heavy (non-hydrogen) atoms. The van der Waals surface area contributed by atoms with Gasteiger partial charge in [0.15, 0.2) is 0 Å². The summed E-state index contributed by atoms with van der Waals surface area (Å²) in [4.78, 5) is 2.33. The number of hydrogen-bond acceptors (Lipinski definition) is 3. The fraction of sp³-hybridized carbons (Fsp3) is 0.368. The number of rotatable bonds is 4. The summed E-state index contributed by atoms with van der Waals surface area (Å²) < 4.78 is 5.43. The average Bonchev–Trinajstić information content (AvgIpc) is 2.56. The van der Waals surface area contributed by atoms with Crippen molar-refractivity contribution in [2.24, 2.45) is 0 Å². The van der Waals surface area contributed by atoms with Gasteiger partial charge in [0, 0.05) is 18.7 Å². The lowest BCUT2D eigenvalue weighted by Gasteiger charge is -2.30. The van der Waals surface area contributed by atoms with E-state index >= 15 is 0 Å². The van der Waals surface area contributed by atoms with E-state index in [4.69, 9.17) is 4.74 Å². The number of methoxy groups -OCH3 is 1. The number of aliphatic hydroxyl groups is 1. The molecule has 0 aliphatic carbocycles. The Balaban J connectivity index is 1.72. The van der Waals surface area contributed by atoms with E-state index in [9.17, 15) is 5.11 Å². The van der Waals surface area contributed by atoms with E-state index in [1.807, 2.05) is 18.2 Å². The highest BCUT2D eigenvalue weighted by molar-refractivity contribution is 5.70. The molecule has 1 unspecified atom stereocenters. The molecule has 0 saturated carbocycles. The lowest BCUT2D eigenvalue weighted by atomic mass is 10.0. The number of aliphatic hydroxyl groups excluding tert-OH is 1. The Morgan fingerprint density at radius 1 is 1.14 bits per heavy atom. The Morgan fingerprint density at radius 2 is 1.91 bits per heavy atom. The zero-order chi connectivity index (χ0) is 15.4. The van der Waals surface area contributed by atoms with Crippen molar-refractivity contribution in [2.45, 2.75) is 25.5 Å². The third-order valence-electron chi connectivity index (χ3n) is 4.26. The number of ether oxygens (including phenoxy) is 1. The highest BCUT2D eigenvalue weighted by atomic mass is 16.5. The topological polar surface area (TPSA) is 32.7 Å². The molecule has 3 rings (SSSR count). The van der Waals surface area contributed by atoms with Crippen LogP contribution in [0.2, 0.25) is 0 Å². The SMILES string of the molecule is COc1ccccc1-c1ccc(CN2CCCC(O)C2)cc1. The van der Waals surface area contributed by atoms with Crippen molar-refractivity contribution in [2.75, 3.05) is 20.2 Å². The Hall–Kier alpha value is -1.84. The second kappa shape index (κ2) is 6.95. The van der Waals surface area contributed by atoms with Crippen molar-refractivity contribution >= 4 is 0 Å². The molecule has 2 aromatic rings. The van der Waals surface area contributed by atoms with Crippen molar-refractivity contribution in [1.82, 2.24) is 4.90 Å². The Kier molecular flexibility index (Phi) is 4.76. The van der Waals surface area contributed by atoms with Gasteiger partial charge in [-0.1, -0.05) is 42.5 Å². The molecule has 0 aromatic heterocycles. The molecule has 2 aromatic carbocycles. The maximum absolute atomic E-state index is 9.75. The number of piperidine rings is 1. The first kappa shape index (κ1) is 15.1. The lowest BCUT2D eigenvalue weighted by molar-refractivity contribution is 0.0668. The quantitative estimate of drug-likeness (QED) is 0.939. The van der Waals surface area contributed by atoms with Gasteiger partial charge >= 0.3 is 0 Å². The highest BCUT2D eigenvalue weighted by Gasteiger charge is 2.17. The molecule has 1 saturated heterocycles. The van der Waals surface area contributed by atoms with Crippen LogP contribution >= 0.6 is 0 Å². The van der Waals surface area contributed by atoms with Crippen LogP contribution in [0.3, 0.4) is 0 Å². The minimum Gasteiger partial charge on any atom is -0.496 e. The van der Waals surface area contributed by atoms with Crippen LogP contribution in [0.5, 0.6) is 5.75 Å². The summed E-state index contributed by atoms with van der Waals surface area (Å²) >= 11 is 0. The molecule has 116 valence electrons. The molecule has 1 aliphatic heterocycles. The summed E-state index contributed by atoms with van der Waals surface area (Å²) in [7, 11) is 1.70. The van der Waals surface area contributed by atoms with E-state index in [0.29, 0.717) is 0 Å². The summed E-state index contributed by atoms with van der Waals surface area (Å²) in [5, 5.41) is 9.75. The van der Waals surface area contributed by atoms with Crippen molar-refractivity contribution < 1.29 is 9.84 Å². The Labute approximate surface area is 132 Å². The first-order valence-electron chi connectivity index (χ1n) is 7.89. The molecule has 0 amide bonds. The fourth-order valence-electron chi connectivity index (χ4n) is 3.11. The summed E-state index contributed by atoms with van der Waals surface area (Å²) in [6.45, 7) is 2.77. The second-order valence-corrected chi connectivity index (χ2v) is 5.93. The maximum Gasteiger partial charge on any atom is 0.126 e. The van der Waals surface area contributed by atoms with Gasteiger partial charge in [0.05, 0.1) is 13.2 Å². The average molecular weight is 297 g/mol. The minimum atomic E-state index is -0.165. The third-order valence-corrected chi connectivity index (χ3v) is 4.26. The van der Waals surface area contributed by atoms with Crippen LogP contribution in [-0.2, 0) is 6.54 Å². The van der Waals surface area contributed by atoms with Gasteiger partial charge in [0.25, 0.3) is 0 Å². The van der Waals surface area contributed by atoms with Crippen LogP contribution in [0.1, 0.15) is 18.4 Å². The van der Waals surface area contributed by atoms with Gasteiger partial charge in [-0.25, -0.2) is 0 Å². The highest BCUT2D eigenvalue weighted by Crippen LogP contribution is 2.29. The van der Waals surface area contributed by atoms with Crippen LogP contribution in [0.25, 0.3) is 11.1 Å². The lowest BCUT2D eigenvalue weighted by Crippen LogP contribution is -2.37. The predicted molar refractivity (Wildman–Crippen MR) is 88.9 cm³/mol. The molecular weight excluding hydrogens is 274 g/mol. The van der Waals surface area contributed by atoms with Crippen LogP contribution in [0.4, 0.5) is 0 Å². The van der Waals surface area contributed by atoms with Gasteiger partial charge in [-0.05, 0) is 36.6 Å². The summed E-state index contributed by atoms with van der Waals surface area (Å²) in [6.07, 6.45) is 1.85. The molecule has 0 bridgehead atoms. The predicted octanol–water partition coefficient (Wildman–Crippen LogP) is 3.32. The summed E-state index contributed by atoms with van der Waals surface area (Å²) in [5.74, 6) is 0.898. The summed E-state index contributed by atoms with van der Waals surface area (Å²) in [5.41, 5.74) is 3.57. The first-order valence-corrected chi connectivity index (χ1v) is 7.89. The fourth-order valence-corrected chi connectivity index (χ4v) is 3.11. The van der Waals surface area contributed by atoms with E-state index in [0.717, 1.165) is 43.8 Å². The van der Waals surface area contributed by atoms with E-state index in [1.54, 1.807) is 7.11 Å². The van der Waals surface area contributed by atoms with Crippen molar-refractivity contribution in [3.8, 4) is 16.9 Å². The van der Waals surface area contributed by atoms with E-state index in [2.05, 4.69) is 35.2 Å². The minimum absolute atomic E-state index is 0.165. The molecular formula is C19H23NO2. The smallest absolute Gasteiger partial charge is 0.126 e. The molecule has 3 nitrogen and oxygen atoms in total. The van der Waals surface area contributed by atoms with Gasteiger partial charge in [-0.3, -0.25) is 4.90 Å². The molecule has 1 heterocycles. The number of β-amino-alcohol motifs (C(OH)–C–C–N with tert-alkyl or cyclic N) is 1. The number of hydrogen-bond donors (Lipinski definition) is 1. The number of likely N-dealkylation sites (tertiary alicyclic amines) is 1. The third kappa shape index (κ3) is 3.49. The maximum atomic E-state index is 9.75. The van der Waals surface area contributed by atoms with Gasteiger partial charge in [0.2, 0.25) is 0 Å². The number of benzene rings is 2. The summed E-state index contributed by atoms with van der Waals surface area (Å²) in [6, 6.07) is 16.7. The van der Waals surface area contributed by atoms with Crippen molar-refractivity contribution in [1.29, 1.82) is 0 Å². The molecule has 3 heteroatoms. The standard InChI is InChI=1S/C19H23NO2/c1-22-19-7-3-2-6-18(19)16-10-8-15(9-11-16)13-20-12-4-5-17(21)14-20/h2-3,6-11,17,21H,4-5,12-14H2,1H3. The Bertz CT molecular complexity index is 609.